The highest BCUT2D eigenvalue weighted by molar-refractivity contribution is 5.86. The van der Waals surface area contributed by atoms with Crippen LogP contribution in [0.1, 0.15) is 30.5 Å². The zero-order valence-electron chi connectivity index (χ0n) is 9.73. The molecule has 0 atom stereocenters. The van der Waals surface area contributed by atoms with Crippen molar-refractivity contribution in [1.82, 2.24) is 4.98 Å². The summed E-state index contributed by atoms with van der Waals surface area (Å²) in [6, 6.07) is 4.37. The first-order chi connectivity index (χ1) is 6.70. The van der Waals surface area contributed by atoms with E-state index in [1.165, 1.54) is 27.6 Å². The van der Waals surface area contributed by atoms with Crippen LogP contribution in [0, 0.1) is 20.8 Å². The van der Waals surface area contributed by atoms with Gasteiger partial charge in [-0.1, -0.05) is 19.9 Å². The van der Waals surface area contributed by atoms with Gasteiger partial charge in [0.25, 0.3) is 0 Å². The molecule has 1 aromatic heterocycles. The molecule has 1 aromatic carbocycles. The summed E-state index contributed by atoms with van der Waals surface area (Å²) in [6.45, 7) is 10.5. The molecular weight excluding hydrogens is 170 g/mol. The summed E-state index contributed by atoms with van der Waals surface area (Å²) in [5.41, 5.74) is 5.37. The lowest BCUT2D eigenvalue weighted by molar-refractivity contribution is 1.33. The van der Waals surface area contributed by atoms with Gasteiger partial charge in [-0.2, -0.15) is 0 Å². The number of aromatic nitrogens is 1. The molecule has 0 spiro atoms. The highest BCUT2D eigenvalue weighted by atomic mass is 14.7. The largest absolute Gasteiger partial charge is 0.361 e. The second-order valence-electron chi connectivity index (χ2n) is 3.40. The predicted octanol–water partition coefficient (Wildman–Crippen LogP) is 4.12. The Bertz CT molecular complexity index is 424. The fraction of sp³-hybridized carbons (Fsp3) is 0.385. The van der Waals surface area contributed by atoms with E-state index in [0.29, 0.717) is 0 Å². The highest BCUT2D eigenvalue weighted by Crippen LogP contribution is 2.23. The fourth-order valence-corrected chi connectivity index (χ4v) is 1.73. The molecule has 0 aliphatic carbocycles. The van der Waals surface area contributed by atoms with Crippen molar-refractivity contribution in [3.8, 4) is 0 Å². The van der Waals surface area contributed by atoms with Crippen molar-refractivity contribution in [1.29, 1.82) is 0 Å². The third-order valence-electron chi connectivity index (χ3n) is 2.57. The summed E-state index contributed by atoms with van der Waals surface area (Å²) in [7, 11) is 0. The topological polar surface area (TPSA) is 15.8 Å². The van der Waals surface area contributed by atoms with Gasteiger partial charge in [0.1, 0.15) is 0 Å². The quantitative estimate of drug-likeness (QED) is 0.641. The molecule has 0 aliphatic heterocycles. The molecule has 0 bridgehead atoms. The summed E-state index contributed by atoms with van der Waals surface area (Å²) in [4.78, 5) is 3.26. The summed E-state index contributed by atoms with van der Waals surface area (Å²) >= 11 is 0. The van der Waals surface area contributed by atoms with E-state index in [9.17, 15) is 0 Å². The average molecular weight is 189 g/mol. The molecule has 14 heavy (non-hydrogen) atoms. The minimum absolute atomic E-state index is 1.28. The van der Waals surface area contributed by atoms with E-state index in [0.717, 1.165) is 0 Å². The molecule has 0 unspecified atom stereocenters. The van der Waals surface area contributed by atoms with Crippen molar-refractivity contribution < 1.29 is 0 Å². The third kappa shape index (κ3) is 1.67. The van der Waals surface area contributed by atoms with Gasteiger partial charge in [-0.05, 0) is 43.5 Å². The predicted molar refractivity (Wildman–Crippen MR) is 63.9 cm³/mol. The number of hydrogen-bond donors (Lipinski definition) is 1. The summed E-state index contributed by atoms with van der Waals surface area (Å²) in [6.07, 6.45) is 2.00. The van der Waals surface area contributed by atoms with Gasteiger partial charge in [0.2, 0.25) is 0 Å². The van der Waals surface area contributed by atoms with E-state index in [1.807, 2.05) is 20.0 Å². The Hall–Kier alpha value is -1.24. The lowest BCUT2D eigenvalue weighted by atomic mass is 10.0. The van der Waals surface area contributed by atoms with E-state index in [-0.39, 0.29) is 0 Å². The number of rotatable bonds is 0. The van der Waals surface area contributed by atoms with Crippen molar-refractivity contribution in [3.05, 3.63) is 35.0 Å². The molecule has 0 fully saturated rings. The number of aromatic amines is 1. The van der Waals surface area contributed by atoms with Crippen LogP contribution in [0.4, 0.5) is 0 Å². The molecule has 2 rings (SSSR count). The van der Waals surface area contributed by atoms with Crippen molar-refractivity contribution in [3.63, 3.8) is 0 Å². The van der Waals surface area contributed by atoms with E-state index in [2.05, 4.69) is 37.9 Å². The Labute approximate surface area is 86.2 Å². The Morgan fingerprint density at radius 1 is 1.00 bits per heavy atom. The second kappa shape index (κ2) is 4.32. The Kier molecular flexibility index (Phi) is 3.34. The lowest BCUT2D eigenvalue weighted by Crippen LogP contribution is -1.85. The van der Waals surface area contributed by atoms with Crippen LogP contribution in [-0.2, 0) is 0 Å². The van der Waals surface area contributed by atoms with E-state index in [4.69, 9.17) is 0 Å². The van der Waals surface area contributed by atoms with Crippen molar-refractivity contribution in [2.24, 2.45) is 0 Å². The van der Waals surface area contributed by atoms with E-state index < -0.39 is 0 Å². The van der Waals surface area contributed by atoms with Gasteiger partial charge >= 0.3 is 0 Å². The van der Waals surface area contributed by atoms with Crippen molar-refractivity contribution >= 4 is 10.9 Å². The minimum atomic E-state index is 1.28. The van der Waals surface area contributed by atoms with Gasteiger partial charge in [-0.25, -0.2) is 0 Å². The van der Waals surface area contributed by atoms with Crippen LogP contribution in [0.3, 0.4) is 0 Å². The number of hydrogen-bond acceptors (Lipinski definition) is 0. The van der Waals surface area contributed by atoms with Gasteiger partial charge in [0.15, 0.2) is 0 Å². The molecule has 1 heterocycles. The molecule has 1 nitrogen and oxygen atoms in total. The number of nitrogens with one attached hydrogen (secondary N) is 1. The summed E-state index contributed by atoms with van der Waals surface area (Å²) in [5, 5.41) is 1.35. The molecular formula is C13H19N. The van der Waals surface area contributed by atoms with E-state index >= 15 is 0 Å². The van der Waals surface area contributed by atoms with Crippen LogP contribution in [0.25, 0.3) is 10.9 Å². The minimum Gasteiger partial charge on any atom is -0.361 e. The second-order valence-corrected chi connectivity index (χ2v) is 3.40. The zero-order valence-corrected chi connectivity index (χ0v) is 9.73. The molecule has 0 aliphatic rings. The Balaban J connectivity index is 0.000000461. The zero-order chi connectivity index (χ0) is 10.7. The van der Waals surface area contributed by atoms with Crippen LogP contribution in [0.15, 0.2) is 18.3 Å². The summed E-state index contributed by atoms with van der Waals surface area (Å²) < 4.78 is 0. The number of H-pyrrole nitrogens is 1. The standard InChI is InChI=1S/C11H13N.C2H6/c1-7-6-8(2)11-10(9(7)3)4-5-12-11;1-2/h4-6,12H,1-3H3;1-2H3. The first-order valence-electron chi connectivity index (χ1n) is 5.24. The lowest BCUT2D eigenvalue weighted by Gasteiger charge is -2.04. The van der Waals surface area contributed by atoms with Crippen LogP contribution in [0.5, 0.6) is 0 Å². The maximum atomic E-state index is 3.26. The monoisotopic (exact) mass is 189 g/mol. The van der Waals surface area contributed by atoms with Crippen LogP contribution < -0.4 is 0 Å². The summed E-state index contributed by atoms with van der Waals surface area (Å²) in [5.74, 6) is 0. The van der Waals surface area contributed by atoms with Crippen molar-refractivity contribution in [2.75, 3.05) is 0 Å². The average Bonchev–Trinajstić information content (AvgIpc) is 2.67. The van der Waals surface area contributed by atoms with Gasteiger partial charge in [-0.3, -0.25) is 0 Å². The smallest absolute Gasteiger partial charge is 0.0486 e. The molecule has 0 radical (unpaired) electrons. The molecule has 0 saturated carbocycles. The molecule has 1 N–H and O–H groups in total. The Morgan fingerprint density at radius 2 is 1.64 bits per heavy atom. The van der Waals surface area contributed by atoms with Gasteiger partial charge < -0.3 is 4.98 Å². The first kappa shape index (κ1) is 10.8. The maximum Gasteiger partial charge on any atom is 0.0486 e. The Morgan fingerprint density at radius 3 is 2.29 bits per heavy atom. The number of aryl methyl sites for hydroxylation is 3. The number of benzene rings is 1. The maximum absolute atomic E-state index is 3.26. The highest BCUT2D eigenvalue weighted by Gasteiger charge is 2.03. The SMILES string of the molecule is CC.Cc1cc(C)c2[nH]ccc2c1C. The molecule has 2 aromatic rings. The fourth-order valence-electron chi connectivity index (χ4n) is 1.73. The van der Waals surface area contributed by atoms with Crippen LogP contribution in [-0.4, -0.2) is 4.98 Å². The van der Waals surface area contributed by atoms with E-state index in [1.54, 1.807) is 0 Å². The number of fused-ring (bicyclic) bond motifs is 1. The van der Waals surface area contributed by atoms with Gasteiger partial charge in [-0.15, -0.1) is 0 Å². The van der Waals surface area contributed by atoms with Crippen LogP contribution in [0.2, 0.25) is 0 Å². The first-order valence-corrected chi connectivity index (χ1v) is 5.24. The molecule has 76 valence electrons. The molecule has 0 saturated heterocycles. The van der Waals surface area contributed by atoms with Gasteiger partial charge in [0, 0.05) is 17.1 Å². The van der Waals surface area contributed by atoms with Gasteiger partial charge in [0.05, 0.1) is 0 Å². The molecule has 0 amide bonds. The molecule has 1 heteroatoms. The van der Waals surface area contributed by atoms with Crippen LogP contribution >= 0.6 is 0 Å². The third-order valence-corrected chi connectivity index (χ3v) is 2.57. The normalized spacial score (nSPS) is 9.79. The van der Waals surface area contributed by atoms with Crippen molar-refractivity contribution in [2.45, 2.75) is 34.6 Å².